The second kappa shape index (κ2) is 6.33. The molecule has 3 nitrogen and oxygen atoms in total. The predicted octanol–water partition coefficient (Wildman–Crippen LogP) is 2.55. The van der Waals surface area contributed by atoms with Crippen molar-refractivity contribution < 1.29 is 8.95 Å². The average Bonchev–Trinajstić information content (AvgIpc) is 2.40. The summed E-state index contributed by atoms with van der Waals surface area (Å²) in [6.45, 7) is 0.474. The molecule has 18 heavy (non-hydrogen) atoms. The highest BCUT2D eigenvalue weighted by atomic mass is 32.2. The van der Waals surface area contributed by atoms with Crippen LogP contribution in [0.5, 0.6) is 0 Å². The van der Waals surface area contributed by atoms with E-state index in [9.17, 15) is 4.21 Å². The number of nitrogens with two attached hydrogens (primary N) is 1. The first-order valence-corrected chi connectivity index (χ1v) is 6.93. The number of benzene rings is 2. The van der Waals surface area contributed by atoms with E-state index in [4.69, 9.17) is 10.5 Å². The summed E-state index contributed by atoms with van der Waals surface area (Å²) in [5, 5.41) is 0. The molecule has 0 radical (unpaired) electrons. The first kappa shape index (κ1) is 12.8. The zero-order chi connectivity index (χ0) is 12.8. The normalized spacial score (nSPS) is 12.2. The van der Waals surface area contributed by atoms with Gasteiger partial charge in [-0.2, -0.15) is 0 Å². The molecular weight excluding hydrogens is 246 g/mol. The molecule has 0 bridgehead atoms. The summed E-state index contributed by atoms with van der Waals surface area (Å²) in [6, 6.07) is 16.8. The Labute approximate surface area is 109 Å². The van der Waals surface area contributed by atoms with E-state index in [1.807, 2.05) is 30.3 Å². The van der Waals surface area contributed by atoms with Crippen molar-refractivity contribution in [2.75, 3.05) is 11.7 Å². The van der Waals surface area contributed by atoms with Crippen LogP contribution in [0.2, 0.25) is 0 Å². The predicted molar refractivity (Wildman–Crippen MR) is 73.4 cm³/mol. The lowest BCUT2D eigenvalue weighted by atomic mass is 10.2. The van der Waals surface area contributed by atoms with Crippen molar-refractivity contribution in [1.29, 1.82) is 0 Å². The third kappa shape index (κ3) is 3.68. The summed E-state index contributed by atoms with van der Waals surface area (Å²) in [4.78, 5) is 0.734. The van der Waals surface area contributed by atoms with Crippen LogP contribution < -0.4 is 5.73 Å². The van der Waals surface area contributed by atoms with Crippen LogP contribution in [0.3, 0.4) is 0 Å². The maximum Gasteiger partial charge on any atom is 0.127 e. The smallest absolute Gasteiger partial charge is 0.127 e. The SMILES string of the molecule is Nc1ccc(S(=O)COCc2ccccc2)cc1. The molecule has 4 heteroatoms. The highest BCUT2D eigenvalue weighted by molar-refractivity contribution is 7.84. The Kier molecular flexibility index (Phi) is 4.50. The first-order chi connectivity index (χ1) is 8.75. The van der Waals surface area contributed by atoms with Gasteiger partial charge in [0, 0.05) is 10.6 Å². The monoisotopic (exact) mass is 261 g/mol. The van der Waals surface area contributed by atoms with Crippen molar-refractivity contribution >= 4 is 16.5 Å². The Bertz CT molecular complexity index is 511. The Hall–Kier alpha value is -1.65. The fraction of sp³-hybridized carbons (Fsp3) is 0.143. The van der Waals surface area contributed by atoms with Gasteiger partial charge in [-0.05, 0) is 29.8 Å². The Morgan fingerprint density at radius 3 is 2.33 bits per heavy atom. The van der Waals surface area contributed by atoms with E-state index in [0.717, 1.165) is 10.5 Å². The molecule has 2 N–H and O–H groups in total. The summed E-state index contributed by atoms with van der Waals surface area (Å²) in [5.74, 6) is 0.193. The lowest BCUT2D eigenvalue weighted by Crippen LogP contribution is -2.03. The minimum atomic E-state index is -1.14. The summed E-state index contributed by atoms with van der Waals surface area (Å²) < 4.78 is 17.3. The van der Waals surface area contributed by atoms with Gasteiger partial charge in [-0.1, -0.05) is 30.3 Å². The topological polar surface area (TPSA) is 52.3 Å². The largest absolute Gasteiger partial charge is 0.399 e. The van der Waals surface area contributed by atoms with Gasteiger partial charge in [0.15, 0.2) is 0 Å². The summed E-state index contributed by atoms with van der Waals surface area (Å²) >= 11 is 0. The molecule has 0 fully saturated rings. The fourth-order valence-corrected chi connectivity index (χ4v) is 2.31. The van der Waals surface area contributed by atoms with Crippen LogP contribution in [0.15, 0.2) is 59.5 Å². The van der Waals surface area contributed by atoms with Crippen molar-refractivity contribution in [2.24, 2.45) is 0 Å². The van der Waals surface area contributed by atoms with Crippen molar-refractivity contribution in [3.05, 3.63) is 60.2 Å². The quantitative estimate of drug-likeness (QED) is 0.842. The molecule has 94 valence electrons. The number of hydrogen-bond acceptors (Lipinski definition) is 3. The molecule has 0 aliphatic rings. The molecule has 0 saturated carbocycles. The van der Waals surface area contributed by atoms with E-state index in [0.29, 0.717) is 12.3 Å². The zero-order valence-electron chi connectivity index (χ0n) is 9.91. The van der Waals surface area contributed by atoms with Crippen LogP contribution in [-0.2, 0) is 22.1 Å². The third-order valence-electron chi connectivity index (χ3n) is 2.44. The Morgan fingerprint density at radius 2 is 1.67 bits per heavy atom. The first-order valence-electron chi connectivity index (χ1n) is 5.61. The van der Waals surface area contributed by atoms with Crippen LogP contribution in [-0.4, -0.2) is 10.1 Å². The van der Waals surface area contributed by atoms with Gasteiger partial charge < -0.3 is 10.5 Å². The third-order valence-corrected chi connectivity index (χ3v) is 3.62. The number of anilines is 1. The molecular formula is C14H15NO2S. The maximum absolute atomic E-state index is 11.9. The van der Waals surface area contributed by atoms with Gasteiger partial charge in [0.05, 0.1) is 17.4 Å². The van der Waals surface area contributed by atoms with Crippen molar-refractivity contribution in [1.82, 2.24) is 0 Å². The molecule has 0 spiro atoms. The molecule has 0 aromatic heterocycles. The highest BCUT2D eigenvalue weighted by Gasteiger charge is 2.03. The minimum Gasteiger partial charge on any atom is -0.399 e. The number of rotatable bonds is 5. The van der Waals surface area contributed by atoms with Gasteiger partial charge in [-0.25, -0.2) is 0 Å². The van der Waals surface area contributed by atoms with E-state index < -0.39 is 10.8 Å². The van der Waals surface area contributed by atoms with E-state index in [1.54, 1.807) is 24.3 Å². The van der Waals surface area contributed by atoms with Crippen LogP contribution in [0.1, 0.15) is 5.56 Å². The van der Waals surface area contributed by atoms with E-state index in [2.05, 4.69) is 0 Å². The van der Waals surface area contributed by atoms with E-state index >= 15 is 0 Å². The average molecular weight is 261 g/mol. The van der Waals surface area contributed by atoms with Gasteiger partial charge in [-0.15, -0.1) is 0 Å². The summed E-state index contributed by atoms with van der Waals surface area (Å²) in [6.07, 6.45) is 0. The Balaban J connectivity index is 1.84. The minimum absolute atomic E-state index is 0.193. The molecule has 2 aromatic carbocycles. The van der Waals surface area contributed by atoms with Gasteiger partial charge >= 0.3 is 0 Å². The second-order valence-electron chi connectivity index (χ2n) is 3.87. The molecule has 0 aliphatic carbocycles. The molecule has 2 rings (SSSR count). The van der Waals surface area contributed by atoms with Gasteiger partial charge in [-0.3, -0.25) is 4.21 Å². The molecule has 0 heterocycles. The Morgan fingerprint density at radius 1 is 1.00 bits per heavy atom. The summed E-state index contributed by atoms with van der Waals surface area (Å²) in [5.41, 5.74) is 7.32. The molecule has 0 amide bonds. The van der Waals surface area contributed by atoms with Crippen molar-refractivity contribution in [3.63, 3.8) is 0 Å². The molecule has 0 aliphatic heterocycles. The number of hydrogen-bond donors (Lipinski definition) is 1. The molecule has 1 atom stereocenters. The summed E-state index contributed by atoms with van der Waals surface area (Å²) in [7, 11) is -1.14. The fourth-order valence-electron chi connectivity index (χ4n) is 1.50. The van der Waals surface area contributed by atoms with E-state index in [1.165, 1.54) is 0 Å². The van der Waals surface area contributed by atoms with Crippen LogP contribution in [0.25, 0.3) is 0 Å². The molecule has 2 aromatic rings. The van der Waals surface area contributed by atoms with Gasteiger partial charge in [0.1, 0.15) is 5.94 Å². The second-order valence-corrected chi connectivity index (χ2v) is 5.26. The molecule has 1 unspecified atom stereocenters. The maximum atomic E-state index is 11.9. The van der Waals surface area contributed by atoms with Gasteiger partial charge in [0.2, 0.25) is 0 Å². The van der Waals surface area contributed by atoms with Gasteiger partial charge in [0.25, 0.3) is 0 Å². The van der Waals surface area contributed by atoms with Crippen molar-refractivity contribution in [2.45, 2.75) is 11.5 Å². The zero-order valence-corrected chi connectivity index (χ0v) is 10.7. The number of nitrogen functional groups attached to an aromatic ring is 1. The van der Waals surface area contributed by atoms with Crippen LogP contribution in [0, 0.1) is 0 Å². The lowest BCUT2D eigenvalue weighted by Gasteiger charge is -2.05. The van der Waals surface area contributed by atoms with Crippen LogP contribution in [0.4, 0.5) is 5.69 Å². The van der Waals surface area contributed by atoms with E-state index in [-0.39, 0.29) is 5.94 Å². The van der Waals surface area contributed by atoms with Crippen LogP contribution >= 0.6 is 0 Å². The highest BCUT2D eigenvalue weighted by Crippen LogP contribution is 2.11. The molecule has 0 saturated heterocycles. The standard InChI is InChI=1S/C14H15NO2S/c15-13-6-8-14(9-7-13)18(16)11-17-10-12-4-2-1-3-5-12/h1-9H,10-11,15H2. The van der Waals surface area contributed by atoms with Crippen molar-refractivity contribution in [3.8, 4) is 0 Å². The number of ether oxygens (including phenoxy) is 1. The lowest BCUT2D eigenvalue weighted by molar-refractivity contribution is 0.166.